The lowest BCUT2D eigenvalue weighted by atomic mass is 9.99. The van der Waals surface area contributed by atoms with Gasteiger partial charge < -0.3 is 9.30 Å². The second-order valence-electron chi connectivity index (χ2n) is 8.07. The molecule has 0 saturated carbocycles. The van der Waals surface area contributed by atoms with Gasteiger partial charge in [-0.2, -0.15) is 0 Å². The van der Waals surface area contributed by atoms with Gasteiger partial charge >= 0.3 is 0 Å². The number of alkyl halides is 1. The highest BCUT2D eigenvalue weighted by Crippen LogP contribution is 2.30. The summed E-state index contributed by atoms with van der Waals surface area (Å²) in [6.07, 6.45) is 2.69. The molecule has 1 unspecified atom stereocenters. The van der Waals surface area contributed by atoms with E-state index in [0.717, 1.165) is 28.5 Å². The van der Waals surface area contributed by atoms with Crippen LogP contribution in [0.25, 0.3) is 21.9 Å². The van der Waals surface area contributed by atoms with E-state index in [2.05, 4.69) is 6.92 Å². The molecule has 4 rings (SSSR count). The lowest BCUT2D eigenvalue weighted by Gasteiger charge is -2.17. The highest BCUT2D eigenvalue weighted by atomic mass is 35.5. The van der Waals surface area contributed by atoms with Gasteiger partial charge in [-0.1, -0.05) is 49.4 Å². The summed E-state index contributed by atoms with van der Waals surface area (Å²) >= 11 is 5.89. The van der Waals surface area contributed by atoms with Crippen molar-refractivity contribution in [2.24, 2.45) is 5.92 Å². The third kappa shape index (κ3) is 5.03. The first-order valence-electron chi connectivity index (χ1n) is 10.7. The first-order chi connectivity index (χ1) is 15.5. The molecule has 0 radical (unpaired) electrons. The number of fused-ring (bicyclic) bond motifs is 1. The molecule has 0 spiro atoms. The molecular weight excluding hydrogens is 425 g/mol. The van der Waals surface area contributed by atoms with Crippen molar-refractivity contribution >= 4 is 22.4 Å². The van der Waals surface area contributed by atoms with Gasteiger partial charge in [0.15, 0.2) is 0 Å². The zero-order valence-corrected chi connectivity index (χ0v) is 18.7. The van der Waals surface area contributed by atoms with E-state index in [4.69, 9.17) is 16.3 Å². The summed E-state index contributed by atoms with van der Waals surface area (Å²) in [7, 11) is 0. The number of nitrogens with zero attached hydrogens (tertiary/aromatic N) is 1. The summed E-state index contributed by atoms with van der Waals surface area (Å²) < 4.78 is 21.3. The van der Waals surface area contributed by atoms with Crippen LogP contribution in [0.3, 0.4) is 0 Å². The van der Waals surface area contributed by atoms with E-state index in [1.807, 2.05) is 54.7 Å². The molecule has 0 N–H and O–H groups in total. The number of ether oxygens (including phenoxy) is 1. The third-order valence-corrected chi connectivity index (χ3v) is 5.79. The summed E-state index contributed by atoms with van der Waals surface area (Å²) in [4.78, 5) is 13.2. The zero-order valence-electron chi connectivity index (χ0n) is 17.9. The topological polar surface area (TPSA) is 31.2 Å². The predicted octanol–water partition coefficient (Wildman–Crippen LogP) is 6.65. The Hall–Kier alpha value is -3.11. The summed E-state index contributed by atoms with van der Waals surface area (Å²) in [6, 6.07) is 21.8. The molecule has 0 bridgehead atoms. The quantitative estimate of drug-likeness (QED) is 0.282. The molecule has 1 aromatic heterocycles. The summed E-state index contributed by atoms with van der Waals surface area (Å²) in [6.45, 7) is 3.09. The van der Waals surface area contributed by atoms with Crippen LogP contribution in [-0.2, 0) is 13.2 Å². The van der Waals surface area contributed by atoms with E-state index in [-0.39, 0.29) is 17.3 Å². The van der Waals surface area contributed by atoms with E-state index >= 15 is 0 Å². The lowest BCUT2D eigenvalue weighted by molar-refractivity contribution is 0.306. The Morgan fingerprint density at radius 1 is 1.00 bits per heavy atom. The first kappa shape index (κ1) is 22.1. The largest absolute Gasteiger partial charge is 0.489 e. The smallest absolute Gasteiger partial charge is 0.258 e. The van der Waals surface area contributed by atoms with Crippen LogP contribution in [0, 0.1) is 11.7 Å². The standard InChI is InChI=1S/C27H25ClFNO2/c1-19(13-14-28)16-30-17-26(21-7-9-22(29)10-8-21)25-15-23(11-12-24(25)27(30)31)32-18-20-5-3-2-4-6-20/h2-12,15,17,19H,13-14,16,18H2,1H3. The highest BCUT2D eigenvalue weighted by Gasteiger charge is 2.14. The Balaban J connectivity index is 1.78. The van der Waals surface area contributed by atoms with Crippen LogP contribution in [0.1, 0.15) is 18.9 Å². The number of pyridine rings is 1. The maximum Gasteiger partial charge on any atom is 0.258 e. The molecule has 3 nitrogen and oxygen atoms in total. The third-order valence-electron chi connectivity index (χ3n) is 5.57. The molecule has 0 aliphatic carbocycles. The summed E-state index contributed by atoms with van der Waals surface area (Å²) in [5.74, 6) is 1.19. The molecule has 3 aromatic carbocycles. The second-order valence-corrected chi connectivity index (χ2v) is 8.45. The van der Waals surface area contributed by atoms with Crippen LogP contribution in [0.15, 0.2) is 83.8 Å². The zero-order chi connectivity index (χ0) is 22.5. The first-order valence-corrected chi connectivity index (χ1v) is 11.2. The van der Waals surface area contributed by atoms with Crippen molar-refractivity contribution in [1.82, 2.24) is 4.57 Å². The van der Waals surface area contributed by atoms with E-state index in [0.29, 0.717) is 30.2 Å². The molecule has 0 amide bonds. The second kappa shape index (κ2) is 10.0. The van der Waals surface area contributed by atoms with E-state index in [1.165, 1.54) is 12.1 Å². The van der Waals surface area contributed by atoms with Gasteiger partial charge in [0.05, 0.1) is 0 Å². The summed E-state index contributed by atoms with van der Waals surface area (Å²) in [5.41, 5.74) is 2.72. The maximum atomic E-state index is 13.6. The van der Waals surface area contributed by atoms with Gasteiger partial charge in [0.1, 0.15) is 18.2 Å². The lowest BCUT2D eigenvalue weighted by Crippen LogP contribution is -2.23. The fraction of sp³-hybridized carbons (Fsp3) is 0.222. The minimum Gasteiger partial charge on any atom is -0.489 e. The van der Waals surface area contributed by atoms with Gasteiger partial charge in [-0.15, -0.1) is 11.6 Å². The molecule has 0 aliphatic rings. The van der Waals surface area contributed by atoms with Gasteiger partial charge in [0.25, 0.3) is 5.56 Å². The van der Waals surface area contributed by atoms with Gasteiger partial charge in [-0.05, 0) is 53.8 Å². The van der Waals surface area contributed by atoms with E-state index < -0.39 is 0 Å². The SMILES string of the molecule is CC(CCCl)Cn1cc(-c2ccc(F)cc2)c2cc(OCc3ccccc3)ccc2c1=O. The van der Waals surface area contributed by atoms with Crippen molar-refractivity contribution in [1.29, 1.82) is 0 Å². The Bertz CT molecular complexity index is 1250. The molecule has 32 heavy (non-hydrogen) atoms. The van der Waals surface area contributed by atoms with Crippen LogP contribution < -0.4 is 10.3 Å². The van der Waals surface area contributed by atoms with Crippen molar-refractivity contribution < 1.29 is 9.13 Å². The minimum atomic E-state index is -0.297. The predicted molar refractivity (Wildman–Crippen MR) is 129 cm³/mol. The Kier molecular flexibility index (Phi) is 6.91. The fourth-order valence-electron chi connectivity index (χ4n) is 3.81. The number of halogens is 2. The molecule has 0 saturated heterocycles. The Labute approximate surface area is 192 Å². The molecule has 0 aliphatic heterocycles. The normalized spacial score (nSPS) is 12.1. The van der Waals surface area contributed by atoms with Crippen molar-refractivity contribution in [2.45, 2.75) is 26.5 Å². The number of aromatic nitrogens is 1. The van der Waals surface area contributed by atoms with E-state index in [1.54, 1.807) is 16.7 Å². The van der Waals surface area contributed by atoms with Crippen LogP contribution in [0.5, 0.6) is 5.75 Å². The van der Waals surface area contributed by atoms with Crippen LogP contribution in [-0.4, -0.2) is 10.4 Å². The average Bonchev–Trinajstić information content (AvgIpc) is 2.81. The molecule has 0 fully saturated rings. The number of hydrogen-bond donors (Lipinski definition) is 0. The van der Waals surface area contributed by atoms with Crippen molar-refractivity contribution in [3.8, 4) is 16.9 Å². The number of hydrogen-bond acceptors (Lipinski definition) is 2. The molecular formula is C27H25ClFNO2. The summed E-state index contributed by atoms with van der Waals surface area (Å²) in [5, 5.41) is 1.39. The fourth-order valence-corrected chi connectivity index (χ4v) is 4.18. The van der Waals surface area contributed by atoms with Gasteiger partial charge in [-0.3, -0.25) is 4.79 Å². The Morgan fingerprint density at radius 2 is 1.75 bits per heavy atom. The van der Waals surface area contributed by atoms with Crippen molar-refractivity contribution in [3.05, 3.63) is 101 Å². The van der Waals surface area contributed by atoms with Gasteiger partial charge in [-0.25, -0.2) is 4.39 Å². The molecule has 164 valence electrons. The molecule has 4 aromatic rings. The highest BCUT2D eigenvalue weighted by molar-refractivity contribution is 6.17. The van der Waals surface area contributed by atoms with E-state index in [9.17, 15) is 9.18 Å². The minimum absolute atomic E-state index is 0.0538. The van der Waals surface area contributed by atoms with Crippen LogP contribution in [0.2, 0.25) is 0 Å². The van der Waals surface area contributed by atoms with Crippen molar-refractivity contribution in [3.63, 3.8) is 0 Å². The average molecular weight is 450 g/mol. The number of benzene rings is 3. The van der Waals surface area contributed by atoms with Crippen LogP contribution in [0.4, 0.5) is 4.39 Å². The van der Waals surface area contributed by atoms with Gasteiger partial charge in [0, 0.05) is 35.0 Å². The molecule has 1 heterocycles. The maximum absolute atomic E-state index is 13.6. The van der Waals surface area contributed by atoms with Gasteiger partial charge in [0.2, 0.25) is 0 Å². The van der Waals surface area contributed by atoms with Crippen LogP contribution >= 0.6 is 11.6 Å². The monoisotopic (exact) mass is 449 g/mol. The van der Waals surface area contributed by atoms with Crippen molar-refractivity contribution in [2.75, 3.05) is 5.88 Å². The molecule has 1 atom stereocenters. The molecule has 5 heteroatoms. The number of rotatable bonds is 8. The Morgan fingerprint density at radius 3 is 2.47 bits per heavy atom.